The molecule has 1 N–H and O–H groups in total. The summed E-state index contributed by atoms with van der Waals surface area (Å²) in [7, 11) is -2.50. The highest BCUT2D eigenvalue weighted by atomic mass is 32.2. The standard InChI is InChI=1S/C22H27N3O4S2/c1-7-25(21-23-19-14(2)9-8-10-17(19)30-21)20(26)15-11-12-16(29-6)18(13-15)31(27,28)24-22(3,4)5/h8-13,24H,7H2,1-6H3. The maximum Gasteiger partial charge on any atom is 0.260 e. The Hall–Kier alpha value is -2.49. The summed E-state index contributed by atoms with van der Waals surface area (Å²) in [4.78, 5) is 19.5. The van der Waals surface area contributed by atoms with Crippen molar-refractivity contribution < 1.29 is 17.9 Å². The van der Waals surface area contributed by atoms with E-state index in [1.54, 1.807) is 31.7 Å². The lowest BCUT2D eigenvalue weighted by Crippen LogP contribution is -2.40. The molecule has 2 aromatic carbocycles. The average molecular weight is 462 g/mol. The van der Waals surface area contributed by atoms with Crippen LogP contribution in [0, 0.1) is 6.92 Å². The van der Waals surface area contributed by atoms with E-state index >= 15 is 0 Å². The van der Waals surface area contributed by atoms with Crippen LogP contribution in [0.2, 0.25) is 0 Å². The Morgan fingerprint density at radius 1 is 1.23 bits per heavy atom. The SMILES string of the molecule is CCN(C(=O)c1ccc(OC)c(S(=O)(=O)NC(C)(C)C)c1)c1nc2c(C)cccc2s1. The second-order valence-electron chi connectivity index (χ2n) is 8.19. The minimum Gasteiger partial charge on any atom is -0.495 e. The summed E-state index contributed by atoms with van der Waals surface area (Å²) in [6, 6.07) is 10.3. The van der Waals surface area contributed by atoms with Crippen LogP contribution in [0.15, 0.2) is 41.3 Å². The number of hydrogen-bond acceptors (Lipinski definition) is 6. The van der Waals surface area contributed by atoms with Gasteiger partial charge in [-0.1, -0.05) is 23.5 Å². The summed E-state index contributed by atoms with van der Waals surface area (Å²) in [5, 5.41) is 0.574. The van der Waals surface area contributed by atoms with Crippen LogP contribution in [-0.2, 0) is 10.0 Å². The first kappa shape index (κ1) is 23.2. The molecule has 9 heteroatoms. The number of thiazole rings is 1. The number of aryl methyl sites for hydroxylation is 1. The lowest BCUT2D eigenvalue weighted by atomic mass is 10.1. The van der Waals surface area contributed by atoms with Crippen LogP contribution in [0.3, 0.4) is 0 Å². The number of benzene rings is 2. The minimum atomic E-state index is -3.90. The molecule has 1 heterocycles. The molecule has 1 aromatic heterocycles. The molecular weight excluding hydrogens is 434 g/mol. The van der Waals surface area contributed by atoms with Crippen LogP contribution >= 0.6 is 11.3 Å². The number of para-hydroxylation sites is 1. The monoisotopic (exact) mass is 461 g/mol. The number of amides is 1. The van der Waals surface area contributed by atoms with Gasteiger partial charge >= 0.3 is 0 Å². The molecule has 0 aliphatic rings. The second kappa shape index (κ2) is 8.57. The Morgan fingerprint density at radius 2 is 1.94 bits per heavy atom. The molecule has 3 rings (SSSR count). The first-order chi connectivity index (χ1) is 14.5. The third-order valence-corrected chi connectivity index (χ3v) is 7.37. The predicted octanol–water partition coefficient (Wildman–Crippen LogP) is 4.36. The highest BCUT2D eigenvalue weighted by Crippen LogP contribution is 2.32. The number of methoxy groups -OCH3 is 1. The molecule has 3 aromatic rings. The first-order valence-corrected chi connectivity index (χ1v) is 12.2. The van der Waals surface area contributed by atoms with Crippen molar-refractivity contribution in [1.29, 1.82) is 0 Å². The summed E-state index contributed by atoms with van der Waals surface area (Å²) in [5.74, 6) is -0.152. The summed E-state index contributed by atoms with van der Waals surface area (Å²) in [6.45, 7) is 9.48. The molecule has 7 nitrogen and oxygen atoms in total. The van der Waals surface area contributed by atoms with Gasteiger partial charge in [-0.05, 0) is 64.4 Å². The molecule has 0 fully saturated rings. The number of aromatic nitrogens is 1. The maximum atomic E-state index is 13.3. The molecule has 0 bridgehead atoms. The highest BCUT2D eigenvalue weighted by molar-refractivity contribution is 7.89. The number of rotatable bonds is 6. The van der Waals surface area contributed by atoms with Gasteiger partial charge in [-0.15, -0.1) is 0 Å². The Labute approximate surface area is 187 Å². The third kappa shape index (κ3) is 4.89. The van der Waals surface area contributed by atoms with Gasteiger partial charge in [0, 0.05) is 17.6 Å². The van der Waals surface area contributed by atoms with Crippen molar-refractivity contribution in [2.75, 3.05) is 18.6 Å². The van der Waals surface area contributed by atoms with E-state index in [2.05, 4.69) is 9.71 Å². The maximum absolute atomic E-state index is 13.3. The number of carbonyl (C=O) groups excluding carboxylic acids is 1. The summed E-state index contributed by atoms with van der Waals surface area (Å²) in [5.41, 5.74) is 1.46. The molecule has 0 aliphatic carbocycles. The molecule has 0 spiro atoms. The number of sulfonamides is 1. The molecule has 0 saturated carbocycles. The fourth-order valence-electron chi connectivity index (χ4n) is 3.19. The number of anilines is 1. The van der Waals surface area contributed by atoms with Crippen molar-refractivity contribution in [2.45, 2.75) is 45.1 Å². The summed E-state index contributed by atoms with van der Waals surface area (Å²) < 4.78 is 34.7. The van der Waals surface area contributed by atoms with Gasteiger partial charge in [0.05, 0.1) is 17.3 Å². The molecule has 0 unspecified atom stereocenters. The van der Waals surface area contributed by atoms with Gasteiger partial charge in [0.2, 0.25) is 10.0 Å². The lowest BCUT2D eigenvalue weighted by molar-refractivity contribution is 0.0988. The van der Waals surface area contributed by atoms with Crippen LogP contribution in [0.4, 0.5) is 5.13 Å². The first-order valence-electron chi connectivity index (χ1n) is 9.87. The lowest BCUT2D eigenvalue weighted by Gasteiger charge is -2.22. The Bertz CT molecular complexity index is 1230. The van der Waals surface area contributed by atoms with E-state index in [0.717, 1.165) is 15.8 Å². The summed E-state index contributed by atoms with van der Waals surface area (Å²) >= 11 is 1.43. The van der Waals surface area contributed by atoms with Crippen molar-refractivity contribution in [3.8, 4) is 5.75 Å². The van der Waals surface area contributed by atoms with Crippen LogP contribution in [0.1, 0.15) is 43.6 Å². The predicted molar refractivity (Wildman–Crippen MR) is 125 cm³/mol. The van der Waals surface area contributed by atoms with Crippen LogP contribution in [0.25, 0.3) is 10.2 Å². The molecule has 0 radical (unpaired) electrons. The van der Waals surface area contributed by atoms with E-state index in [1.807, 2.05) is 32.0 Å². The second-order valence-corrected chi connectivity index (χ2v) is 10.8. The van der Waals surface area contributed by atoms with Crippen LogP contribution in [0.5, 0.6) is 5.75 Å². The molecule has 31 heavy (non-hydrogen) atoms. The van der Waals surface area contributed by atoms with Crippen molar-refractivity contribution in [3.05, 3.63) is 47.5 Å². The van der Waals surface area contributed by atoms with E-state index < -0.39 is 15.6 Å². The number of fused-ring (bicyclic) bond motifs is 1. The van der Waals surface area contributed by atoms with Gasteiger partial charge in [0.1, 0.15) is 10.6 Å². The van der Waals surface area contributed by atoms with E-state index in [9.17, 15) is 13.2 Å². The van der Waals surface area contributed by atoms with Gasteiger partial charge < -0.3 is 4.74 Å². The Morgan fingerprint density at radius 3 is 2.52 bits per heavy atom. The largest absolute Gasteiger partial charge is 0.495 e. The Kier molecular flexibility index (Phi) is 6.40. The van der Waals surface area contributed by atoms with E-state index in [4.69, 9.17) is 4.74 Å². The zero-order valence-corrected chi connectivity index (χ0v) is 20.1. The number of carbonyl (C=O) groups is 1. The number of ether oxygens (including phenoxy) is 1. The highest BCUT2D eigenvalue weighted by Gasteiger charge is 2.28. The smallest absolute Gasteiger partial charge is 0.260 e. The zero-order chi connectivity index (χ0) is 23.0. The Balaban J connectivity index is 2.04. The van der Waals surface area contributed by atoms with Crippen molar-refractivity contribution in [3.63, 3.8) is 0 Å². The van der Waals surface area contributed by atoms with Crippen molar-refractivity contribution >= 4 is 42.6 Å². The normalized spacial score (nSPS) is 12.2. The van der Waals surface area contributed by atoms with Gasteiger partial charge in [0.25, 0.3) is 5.91 Å². The number of nitrogens with one attached hydrogen (secondary N) is 1. The van der Waals surface area contributed by atoms with Crippen LogP contribution in [-0.4, -0.2) is 38.5 Å². The molecule has 166 valence electrons. The van der Waals surface area contributed by atoms with Crippen LogP contribution < -0.4 is 14.4 Å². The van der Waals surface area contributed by atoms with E-state index in [0.29, 0.717) is 11.7 Å². The molecular formula is C22H27N3O4S2. The molecule has 0 saturated heterocycles. The van der Waals surface area contributed by atoms with Gasteiger partial charge in [0.15, 0.2) is 5.13 Å². The van der Waals surface area contributed by atoms with Gasteiger partial charge in [-0.25, -0.2) is 18.1 Å². The van der Waals surface area contributed by atoms with Gasteiger partial charge in [-0.2, -0.15) is 0 Å². The topological polar surface area (TPSA) is 88.6 Å². The summed E-state index contributed by atoms with van der Waals surface area (Å²) in [6.07, 6.45) is 0. The van der Waals surface area contributed by atoms with Crippen molar-refractivity contribution in [2.24, 2.45) is 0 Å². The van der Waals surface area contributed by atoms with E-state index in [1.165, 1.54) is 30.6 Å². The zero-order valence-electron chi connectivity index (χ0n) is 18.5. The third-order valence-electron chi connectivity index (χ3n) is 4.54. The minimum absolute atomic E-state index is 0.0769. The van der Waals surface area contributed by atoms with Crippen molar-refractivity contribution in [1.82, 2.24) is 9.71 Å². The fraction of sp³-hybridized carbons (Fsp3) is 0.364. The van der Waals surface area contributed by atoms with Gasteiger partial charge in [-0.3, -0.25) is 9.69 Å². The quantitative estimate of drug-likeness (QED) is 0.589. The number of nitrogens with zero attached hydrogens (tertiary/aromatic N) is 2. The van der Waals surface area contributed by atoms with E-state index in [-0.39, 0.29) is 22.1 Å². The molecule has 1 amide bonds. The fourth-order valence-corrected chi connectivity index (χ4v) is 5.91. The number of hydrogen-bond donors (Lipinski definition) is 1. The molecule has 0 atom stereocenters. The molecule has 0 aliphatic heterocycles. The average Bonchev–Trinajstić information content (AvgIpc) is 3.11.